The molecule has 0 radical (unpaired) electrons. The van der Waals surface area contributed by atoms with Gasteiger partial charge in [-0.1, -0.05) is 46.2 Å². The summed E-state index contributed by atoms with van der Waals surface area (Å²) in [5.41, 5.74) is 3.79. The molecule has 2 aromatic heterocycles. The van der Waals surface area contributed by atoms with Crippen LogP contribution < -0.4 is 5.32 Å². The summed E-state index contributed by atoms with van der Waals surface area (Å²) in [4.78, 5) is 17.5. The fourth-order valence-corrected chi connectivity index (χ4v) is 7.50. The highest BCUT2D eigenvalue weighted by molar-refractivity contribution is 6.76. The molecule has 0 bridgehead atoms. The number of nitrogens with one attached hydrogen (secondary N) is 1. The third-order valence-electron chi connectivity index (χ3n) is 8.81. The van der Waals surface area contributed by atoms with Crippen LogP contribution in [0.4, 0.5) is 14.9 Å². The predicted octanol–water partition coefficient (Wildman–Crippen LogP) is 8.14. The highest BCUT2D eigenvalue weighted by Crippen LogP contribution is 2.60. The van der Waals surface area contributed by atoms with E-state index in [0.29, 0.717) is 48.1 Å². The fraction of sp³-hybridized carbons (Fsp3) is 0.667. The van der Waals surface area contributed by atoms with E-state index in [0.717, 1.165) is 30.6 Å². The molecule has 1 aromatic carbocycles. The van der Waals surface area contributed by atoms with E-state index in [-0.39, 0.29) is 12.4 Å². The van der Waals surface area contributed by atoms with Crippen molar-refractivity contribution in [2.75, 3.05) is 18.5 Å². The van der Waals surface area contributed by atoms with Gasteiger partial charge in [-0.05, 0) is 75.6 Å². The van der Waals surface area contributed by atoms with E-state index < -0.39 is 33.7 Å². The van der Waals surface area contributed by atoms with Crippen molar-refractivity contribution in [3.05, 3.63) is 29.2 Å². The van der Waals surface area contributed by atoms with E-state index in [2.05, 4.69) is 51.5 Å². The number of amides is 1. The zero-order chi connectivity index (χ0) is 32.9. The van der Waals surface area contributed by atoms with Crippen molar-refractivity contribution in [3.8, 4) is 11.5 Å². The summed E-state index contributed by atoms with van der Waals surface area (Å²) in [6.07, 6.45) is 2.42. The normalized spacial score (nSPS) is 19.8. The molecule has 2 aliphatic rings. The van der Waals surface area contributed by atoms with Crippen LogP contribution in [0.25, 0.3) is 22.6 Å². The molecule has 0 saturated heterocycles. The van der Waals surface area contributed by atoms with Gasteiger partial charge in [0.05, 0.1) is 5.52 Å². The largest absolute Gasteiger partial charge is 0.444 e. The van der Waals surface area contributed by atoms with Gasteiger partial charge in [0.25, 0.3) is 0 Å². The van der Waals surface area contributed by atoms with Crippen molar-refractivity contribution in [1.82, 2.24) is 19.3 Å². The van der Waals surface area contributed by atoms with Crippen LogP contribution in [-0.2, 0) is 40.5 Å². The van der Waals surface area contributed by atoms with E-state index in [9.17, 15) is 4.79 Å². The van der Waals surface area contributed by atoms with Crippen LogP contribution in [0, 0.1) is 17.2 Å². The Balaban J connectivity index is 1.53. The van der Waals surface area contributed by atoms with E-state index in [4.69, 9.17) is 24.3 Å². The van der Waals surface area contributed by atoms with Gasteiger partial charge in [-0.2, -0.15) is 5.10 Å². The fourth-order valence-electron chi connectivity index (χ4n) is 5.98. The first-order chi connectivity index (χ1) is 20.8. The van der Waals surface area contributed by atoms with Gasteiger partial charge >= 0.3 is 6.09 Å². The summed E-state index contributed by atoms with van der Waals surface area (Å²) in [5.74, 6) is 0.693. The highest BCUT2D eigenvalue weighted by Gasteiger charge is 2.54. The lowest BCUT2D eigenvalue weighted by atomic mass is 9.87. The molecule has 1 amide bonds. The SMILES string of the molecule is CC(C)(C)OC(=O)Nc1cc(F)c2c(c1)nc(-c1nn(COCC[Si](C)(C)C)c3c1C[C@@H]1C[C@]1(C)C3)n2COCC[Si](C)(C)C. The molecule has 1 saturated carbocycles. The summed E-state index contributed by atoms with van der Waals surface area (Å²) in [6.45, 7) is 23.5. The molecule has 0 spiro atoms. The number of halogens is 1. The third kappa shape index (κ3) is 8.25. The number of benzene rings is 1. The van der Waals surface area contributed by atoms with Gasteiger partial charge in [-0.3, -0.25) is 9.88 Å². The molecule has 0 unspecified atom stereocenters. The first-order valence-electron chi connectivity index (χ1n) is 16.3. The van der Waals surface area contributed by atoms with Gasteiger partial charge in [0.1, 0.15) is 30.3 Å². The van der Waals surface area contributed by atoms with E-state index in [1.165, 1.54) is 23.7 Å². The van der Waals surface area contributed by atoms with Gasteiger partial charge in [0, 0.05) is 46.3 Å². The molecule has 1 fully saturated rings. The monoisotopic (exact) mass is 657 g/mol. The van der Waals surface area contributed by atoms with E-state index in [1.807, 2.05) is 9.25 Å². The number of carbonyl (C=O) groups is 1. The lowest BCUT2D eigenvalue weighted by Gasteiger charge is -2.20. The zero-order valence-corrected chi connectivity index (χ0v) is 30.9. The van der Waals surface area contributed by atoms with Crippen LogP contribution in [-0.4, -0.2) is 60.4 Å². The van der Waals surface area contributed by atoms with Gasteiger partial charge in [0.2, 0.25) is 0 Å². The maximum Gasteiger partial charge on any atom is 0.412 e. The average Bonchev–Trinajstić information content (AvgIpc) is 3.22. The van der Waals surface area contributed by atoms with Crippen LogP contribution in [0.15, 0.2) is 12.1 Å². The molecule has 2 aliphatic carbocycles. The Hall–Kier alpha value is -2.55. The Labute approximate surface area is 269 Å². The number of fused-ring (bicyclic) bond motifs is 3. The molecular formula is C33H52FN5O4Si2. The molecule has 12 heteroatoms. The van der Waals surface area contributed by atoms with Crippen LogP contribution in [0.2, 0.25) is 51.4 Å². The Bertz CT molecular complexity index is 1570. The Kier molecular flexibility index (Phi) is 9.19. The second-order valence-electron chi connectivity index (χ2n) is 16.7. The quantitative estimate of drug-likeness (QED) is 0.156. The van der Waals surface area contributed by atoms with Crippen LogP contribution >= 0.6 is 0 Å². The van der Waals surface area contributed by atoms with E-state index in [1.54, 1.807) is 26.8 Å². The number of hydrogen-bond acceptors (Lipinski definition) is 6. The molecule has 5 rings (SSSR count). The molecule has 3 aromatic rings. The van der Waals surface area contributed by atoms with E-state index >= 15 is 4.39 Å². The van der Waals surface area contributed by atoms with Crippen molar-refractivity contribution in [1.29, 1.82) is 0 Å². The number of ether oxygens (including phenoxy) is 3. The van der Waals surface area contributed by atoms with Crippen molar-refractivity contribution in [2.45, 2.75) is 117 Å². The Morgan fingerprint density at radius 3 is 2.33 bits per heavy atom. The second kappa shape index (κ2) is 12.2. The summed E-state index contributed by atoms with van der Waals surface area (Å²) >= 11 is 0. The first-order valence-corrected chi connectivity index (χ1v) is 23.7. The van der Waals surface area contributed by atoms with Gasteiger partial charge in [-0.25, -0.2) is 18.9 Å². The summed E-state index contributed by atoms with van der Waals surface area (Å²) in [6, 6.07) is 5.09. The number of rotatable bonds is 12. The minimum Gasteiger partial charge on any atom is -0.444 e. The first kappa shape index (κ1) is 33.8. The molecule has 2 heterocycles. The van der Waals surface area contributed by atoms with Crippen LogP contribution in [0.5, 0.6) is 0 Å². The van der Waals surface area contributed by atoms with Crippen molar-refractivity contribution in [2.24, 2.45) is 11.3 Å². The van der Waals surface area contributed by atoms with Gasteiger partial charge < -0.3 is 14.2 Å². The Morgan fingerprint density at radius 1 is 1.07 bits per heavy atom. The number of imidazole rings is 1. The van der Waals surface area contributed by atoms with Crippen molar-refractivity contribution in [3.63, 3.8) is 0 Å². The maximum atomic E-state index is 15.9. The molecule has 9 nitrogen and oxygen atoms in total. The average molecular weight is 658 g/mol. The Morgan fingerprint density at radius 2 is 1.71 bits per heavy atom. The van der Waals surface area contributed by atoms with Crippen LogP contribution in [0.3, 0.4) is 0 Å². The number of anilines is 1. The van der Waals surface area contributed by atoms with Gasteiger partial charge in [0.15, 0.2) is 11.6 Å². The lowest BCUT2D eigenvalue weighted by Crippen LogP contribution is -2.27. The number of aromatic nitrogens is 4. The molecule has 2 atom stereocenters. The lowest BCUT2D eigenvalue weighted by molar-refractivity contribution is 0.0635. The molecular weight excluding hydrogens is 606 g/mol. The van der Waals surface area contributed by atoms with Crippen molar-refractivity contribution < 1.29 is 23.4 Å². The van der Waals surface area contributed by atoms with Crippen LogP contribution in [0.1, 0.15) is 45.4 Å². The third-order valence-corrected chi connectivity index (χ3v) is 12.2. The zero-order valence-electron chi connectivity index (χ0n) is 28.9. The molecule has 45 heavy (non-hydrogen) atoms. The molecule has 0 aliphatic heterocycles. The van der Waals surface area contributed by atoms with Gasteiger partial charge in [-0.15, -0.1) is 0 Å². The summed E-state index contributed by atoms with van der Waals surface area (Å²) in [7, 11) is -2.54. The summed E-state index contributed by atoms with van der Waals surface area (Å²) in [5, 5.41) is 7.77. The topological polar surface area (TPSA) is 92.4 Å². The molecule has 248 valence electrons. The minimum atomic E-state index is -1.32. The second-order valence-corrected chi connectivity index (χ2v) is 28.0. The standard InChI is InChI=1S/C33H52FN5O4Si2/c1-32(2,3)43-31(40)35-23-16-25(34)29-26(17-23)36-30(38(29)20-41-11-13-44(5,6)7)28-24-15-22-18-33(22,4)19-27(24)39(37-28)21-42-12-14-45(8,9)10/h16-17,22H,11-15,18-21H2,1-10H3,(H,35,40)/t22-,33-/m1/s1. The minimum absolute atomic E-state index is 0.154. The maximum absolute atomic E-state index is 15.9. The number of carbonyl (C=O) groups excluding carboxylic acids is 1. The summed E-state index contributed by atoms with van der Waals surface area (Å²) < 4.78 is 37.5. The predicted molar refractivity (Wildman–Crippen MR) is 183 cm³/mol. The smallest absolute Gasteiger partial charge is 0.412 e. The highest BCUT2D eigenvalue weighted by atomic mass is 28.3. The molecule has 1 N–H and O–H groups in total. The number of hydrogen-bond donors (Lipinski definition) is 1. The van der Waals surface area contributed by atoms with Crippen molar-refractivity contribution >= 4 is 39.0 Å². The number of nitrogens with zero attached hydrogens (tertiary/aromatic N) is 4.